The van der Waals surface area contributed by atoms with Gasteiger partial charge in [0.2, 0.25) is 6.29 Å². The number of aliphatic hydroxyl groups excluding tert-OH is 1. The van der Waals surface area contributed by atoms with Crippen molar-refractivity contribution in [3.05, 3.63) is 115 Å². The lowest BCUT2D eigenvalue weighted by Gasteiger charge is -2.21. The third-order valence-corrected chi connectivity index (χ3v) is 8.60. The van der Waals surface area contributed by atoms with E-state index in [0.717, 1.165) is 33.4 Å². The molecular weight excluding hydrogens is 592 g/mol. The molecule has 2 aliphatic heterocycles. The number of aliphatic hydroxyl groups is 1. The smallest absolute Gasteiger partial charge is 0.346 e. The van der Waals surface area contributed by atoms with Crippen LogP contribution in [0.15, 0.2) is 48.5 Å². The molecule has 0 bridgehead atoms. The molecule has 10 nitrogen and oxygen atoms in total. The maximum atomic E-state index is 13.1. The minimum atomic E-state index is -1.43. The average molecular weight is 621 g/mol. The Bertz CT molecular complexity index is 2070. The molecule has 6 rings (SSSR count). The van der Waals surface area contributed by atoms with Crippen molar-refractivity contribution in [1.82, 2.24) is 0 Å². The topological polar surface area (TPSA) is 143 Å². The molecule has 0 aromatic heterocycles. The largest absolute Gasteiger partial charge is 0.428 e. The Morgan fingerprint density at radius 2 is 1.07 bits per heavy atom. The lowest BCUT2D eigenvalue weighted by molar-refractivity contribution is -0.0548. The summed E-state index contributed by atoms with van der Waals surface area (Å²) in [7, 11) is 0. The van der Waals surface area contributed by atoms with Crippen molar-refractivity contribution in [3.63, 3.8) is 0 Å². The highest BCUT2D eigenvalue weighted by Gasteiger charge is 2.32. The van der Waals surface area contributed by atoms with Gasteiger partial charge in [0.25, 0.3) is 0 Å². The van der Waals surface area contributed by atoms with Crippen LogP contribution in [0.25, 0.3) is 11.1 Å². The summed E-state index contributed by atoms with van der Waals surface area (Å²) in [5.74, 6) is -2.75. The Morgan fingerprint density at radius 1 is 0.587 bits per heavy atom. The number of benzene rings is 4. The number of ether oxygens (including phenoxy) is 4. The number of carbonyl (C=O) groups excluding carboxylic acids is 5. The minimum Gasteiger partial charge on any atom is -0.428 e. The van der Waals surface area contributed by atoms with Crippen molar-refractivity contribution in [2.45, 2.75) is 47.8 Å². The van der Waals surface area contributed by atoms with Crippen LogP contribution in [0.1, 0.15) is 97.0 Å². The summed E-state index contributed by atoms with van der Waals surface area (Å²) in [5, 5.41) is 9.99. The van der Waals surface area contributed by atoms with Crippen LogP contribution in [0.3, 0.4) is 0 Å². The van der Waals surface area contributed by atoms with Gasteiger partial charge in [-0.05, 0) is 135 Å². The maximum Gasteiger partial charge on any atom is 0.346 e. The van der Waals surface area contributed by atoms with E-state index in [1.807, 2.05) is 53.7 Å². The SMILES string of the molecule is Cc1cc(-c2cc(C)c(OC(=O)c3ccc4c(c3)C(O)OC4=O)c(C)c2C)c(C)c(C)c1OC(=O)c1ccc2c(c1)C(=O)OC2=O. The molecule has 232 valence electrons. The van der Waals surface area contributed by atoms with Gasteiger partial charge in [0.1, 0.15) is 11.5 Å². The first-order valence-corrected chi connectivity index (χ1v) is 14.4. The van der Waals surface area contributed by atoms with Gasteiger partial charge in [-0.2, -0.15) is 0 Å². The standard InChI is InChI=1S/C36H28O10/c1-15-11-25(17(3)19(5)29(15)43-31(37)21-7-9-23-27(13-21)35(41)45-33(23)39)26-12-16(2)30(20(6)18(26)4)44-32(38)22-8-10-24-28(14-22)36(42)46-34(24)40/h7-14,35,41H,1-6H3. The van der Waals surface area contributed by atoms with Crippen molar-refractivity contribution in [2.24, 2.45) is 0 Å². The zero-order chi connectivity index (χ0) is 33.2. The van der Waals surface area contributed by atoms with Crippen molar-refractivity contribution >= 4 is 29.8 Å². The lowest BCUT2D eigenvalue weighted by atomic mass is 9.88. The minimum absolute atomic E-state index is 0.0203. The molecule has 0 fully saturated rings. The van der Waals surface area contributed by atoms with Gasteiger partial charge in [-0.15, -0.1) is 0 Å². The summed E-state index contributed by atoms with van der Waals surface area (Å²) in [6.45, 7) is 11.2. The van der Waals surface area contributed by atoms with Crippen molar-refractivity contribution < 1.29 is 48.0 Å². The van der Waals surface area contributed by atoms with Crippen molar-refractivity contribution in [1.29, 1.82) is 0 Å². The highest BCUT2D eigenvalue weighted by atomic mass is 16.6. The fourth-order valence-corrected chi connectivity index (χ4v) is 5.81. The average Bonchev–Trinajstić information content (AvgIpc) is 3.48. The van der Waals surface area contributed by atoms with E-state index in [2.05, 4.69) is 4.74 Å². The number of fused-ring (bicyclic) bond motifs is 2. The molecule has 0 saturated carbocycles. The summed E-state index contributed by atoms with van der Waals surface area (Å²) in [4.78, 5) is 61.8. The second-order valence-electron chi connectivity index (χ2n) is 11.4. The molecule has 4 aromatic rings. The number of rotatable bonds is 5. The van der Waals surface area contributed by atoms with Crippen LogP contribution < -0.4 is 9.47 Å². The summed E-state index contributed by atoms with van der Waals surface area (Å²) < 4.78 is 21.0. The van der Waals surface area contributed by atoms with Gasteiger partial charge in [-0.1, -0.05) is 0 Å². The molecule has 10 heteroatoms. The normalized spacial score (nSPS) is 14.8. The van der Waals surface area contributed by atoms with E-state index in [1.54, 1.807) is 0 Å². The molecule has 46 heavy (non-hydrogen) atoms. The first-order chi connectivity index (χ1) is 21.8. The monoisotopic (exact) mass is 620 g/mol. The summed E-state index contributed by atoms with van der Waals surface area (Å²) >= 11 is 0. The summed E-state index contributed by atoms with van der Waals surface area (Å²) in [5.41, 5.74) is 7.29. The number of carbonyl (C=O) groups is 5. The third kappa shape index (κ3) is 4.93. The zero-order valence-electron chi connectivity index (χ0n) is 25.8. The Kier molecular flexibility index (Phi) is 7.33. The van der Waals surface area contributed by atoms with E-state index in [0.29, 0.717) is 22.6 Å². The first kappa shape index (κ1) is 30.4. The molecular formula is C36H28O10. The molecule has 2 heterocycles. The van der Waals surface area contributed by atoms with Gasteiger partial charge < -0.3 is 24.1 Å². The van der Waals surface area contributed by atoms with Crippen LogP contribution >= 0.6 is 0 Å². The number of esters is 5. The molecule has 0 saturated heterocycles. The van der Waals surface area contributed by atoms with Gasteiger partial charge in [0.05, 0.1) is 27.8 Å². The van der Waals surface area contributed by atoms with Gasteiger partial charge in [0, 0.05) is 5.56 Å². The van der Waals surface area contributed by atoms with E-state index in [4.69, 9.17) is 14.2 Å². The Labute approximate surface area is 263 Å². The summed E-state index contributed by atoms with van der Waals surface area (Å²) in [6.07, 6.45) is -1.43. The lowest BCUT2D eigenvalue weighted by Crippen LogP contribution is -2.13. The highest BCUT2D eigenvalue weighted by molar-refractivity contribution is 6.15. The van der Waals surface area contributed by atoms with E-state index in [9.17, 15) is 29.1 Å². The quantitative estimate of drug-likeness (QED) is 0.158. The second kappa shape index (κ2) is 11.1. The van der Waals surface area contributed by atoms with Gasteiger partial charge in [-0.25, -0.2) is 24.0 Å². The van der Waals surface area contributed by atoms with Crippen molar-refractivity contribution in [3.8, 4) is 22.6 Å². The molecule has 1 unspecified atom stereocenters. The first-order valence-electron chi connectivity index (χ1n) is 14.4. The molecule has 1 N–H and O–H groups in total. The van der Waals surface area contributed by atoms with Crippen molar-refractivity contribution in [2.75, 3.05) is 0 Å². The molecule has 0 amide bonds. The molecule has 0 radical (unpaired) electrons. The maximum absolute atomic E-state index is 13.1. The molecule has 0 aliphatic carbocycles. The number of hydrogen-bond acceptors (Lipinski definition) is 10. The number of cyclic esters (lactones) is 3. The van der Waals surface area contributed by atoms with Crippen LogP contribution in [0.5, 0.6) is 11.5 Å². The third-order valence-electron chi connectivity index (χ3n) is 8.60. The molecule has 2 aliphatic rings. The Balaban J connectivity index is 1.28. The zero-order valence-corrected chi connectivity index (χ0v) is 25.8. The van der Waals surface area contributed by atoms with Crippen LogP contribution in [0, 0.1) is 41.5 Å². The summed E-state index contributed by atoms with van der Waals surface area (Å²) in [6, 6.07) is 12.2. The fraction of sp³-hybridized carbons (Fsp3) is 0.194. The van der Waals surface area contributed by atoms with Gasteiger partial charge in [-0.3, -0.25) is 0 Å². The van der Waals surface area contributed by atoms with E-state index >= 15 is 0 Å². The van der Waals surface area contributed by atoms with Crippen LogP contribution in [0.2, 0.25) is 0 Å². The van der Waals surface area contributed by atoms with Gasteiger partial charge >= 0.3 is 29.8 Å². The Morgan fingerprint density at radius 3 is 1.61 bits per heavy atom. The van der Waals surface area contributed by atoms with Crippen LogP contribution in [0.4, 0.5) is 0 Å². The van der Waals surface area contributed by atoms with Gasteiger partial charge in [0.15, 0.2) is 0 Å². The second-order valence-corrected chi connectivity index (χ2v) is 11.4. The van der Waals surface area contributed by atoms with Crippen LogP contribution in [-0.4, -0.2) is 35.0 Å². The van der Waals surface area contributed by atoms with E-state index in [1.165, 1.54) is 36.4 Å². The predicted octanol–water partition coefficient (Wildman–Crippen LogP) is 6.11. The molecule has 4 aromatic carbocycles. The predicted molar refractivity (Wildman–Crippen MR) is 163 cm³/mol. The Hall–Kier alpha value is -5.61. The van der Waals surface area contributed by atoms with E-state index in [-0.39, 0.29) is 33.4 Å². The fourth-order valence-electron chi connectivity index (χ4n) is 5.81. The van der Waals surface area contributed by atoms with Crippen LogP contribution in [-0.2, 0) is 9.47 Å². The number of hydrogen-bond donors (Lipinski definition) is 1. The number of aryl methyl sites for hydroxylation is 2. The molecule has 1 atom stereocenters. The highest BCUT2D eigenvalue weighted by Crippen LogP contribution is 2.40. The molecule has 0 spiro atoms. The van der Waals surface area contributed by atoms with E-state index < -0.39 is 36.1 Å².